The Bertz CT molecular complexity index is 1270. The number of aromatic carboxylic acids is 1. The van der Waals surface area contributed by atoms with Crippen LogP contribution < -0.4 is 9.64 Å². The van der Waals surface area contributed by atoms with E-state index in [9.17, 15) is 9.90 Å². The molecule has 0 saturated carbocycles. The number of hydrogen-bond donors (Lipinski definition) is 1. The van der Waals surface area contributed by atoms with Crippen LogP contribution in [0, 0.1) is 0 Å². The number of ether oxygens (including phenoxy) is 1. The molecule has 0 bridgehead atoms. The van der Waals surface area contributed by atoms with Gasteiger partial charge in [0, 0.05) is 37.9 Å². The molecule has 0 atom stereocenters. The first-order valence-electron chi connectivity index (χ1n) is 12.8. The summed E-state index contributed by atoms with van der Waals surface area (Å²) in [6.07, 6.45) is 1.84. The quantitative estimate of drug-likeness (QED) is 0.479. The van der Waals surface area contributed by atoms with Crippen LogP contribution in [-0.2, 0) is 6.42 Å². The Morgan fingerprint density at radius 1 is 0.861 bits per heavy atom. The highest BCUT2D eigenvalue weighted by Crippen LogP contribution is 2.42. The van der Waals surface area contributed by atoms with Crippen LogP contribution in [0.2, 0.25) is 0 Å². The first kappa shape index (κ1) is 24.1. The molecule has 5 rings (SSSR count). The van der Waals surface area contributed by atoms with Crippen LogP contribution in [0.1, 0.15) is 52.9 Å². The van der Waals surface area contributed by atoms with Gasteiger partial charge in [0.1, 0.15) is 5.75 Å². The minimum atomic E-state index is -0.903. The van der Waals surface area contributed by atoms with Crippen LogP contribution >= 0.6 is 0 Å². The molecule has 1 fully saturated rings. The van der Waals surface area contributed by atoms with Crippen molar-refractivity contribution in [2.75, 3.05) is 38.2 Å². The summed E-state index contributed by atoms with van der Waals surface area (Å²) in [6.45, 7) is 8.80. The number of fused-ring (bicyclic) bond motifs is 1. The Morgan fingerprint density at radius 3 is 2.14 bits per heavy atom. The molecular formula is C31H34N2O3. The maximum atomic E-state index is 11.4. The van der Waals surface area contributed by atoms with E-state index in [-0.39, 0.29) is 0 Å². The van der Waals surface area contributed by atoms with E-state index in [1.807, 2.05) is 18.2 Å². The van der Waals surface area contributed by atoms with E-state index in [1.54, 1.807) is 19.2 Å². The predicted molar refractivity (Wildman–Crippen MR) is 146 cm³/mol. The van der Waals surface area contributed by atoms with Gasteiger partial charge in [0.05, 0.1) is 12.7 Å². The second-order valence-corrected chi connectivity index (χ2v) is 9.92. The third kappa shape index (κ3) is 4.76. The molecule has 0 aromatic heterocycles. The number of carbonyl (C=O) groups is 1. The van der Waals surface area contributed by atoms with Crippen molar-refractivity contribution in [1.82, 2.24) is 4.90 Å². The van der Waals surface area contributed by atoms with Crippen molar-refractivity contribution >= 4 is 22.8 Å². The summed E-state index contributed by atoms with van der Waals surface area (Å²) >= 11 is 0. The van der Waals surface area contributed by atoms with Gasteiger partial charge in [-0.1, -0.05) is 30.3 Å². The van der Waals surface area contributed by atoms with Gasteiger partial charge in [-0.2, -0.15) is 0 Å². The number of hydrogen-bond acceptors (Lipinski definition) is 4. The first-order valence-corrected chi connectivity index (χ1v) is 12.8. The Labute approximate surface area is 213 Å². The zero-order valence-electron chi connectivity index (χ0n) is 21.3. The van der Waals surface area contributed by atoms with Crippen LogP contribution in [-0.4, -0.2) is 55.3 Å². The van der Waals surface area contributed by atoms with E-state index in [0.29, 0.717) is 11.6 Å². The van der Waals surface area contributed by atoms with Gasteiger partial charge in [-0.05, 0) is 96.5 Å². The van der Waals surface area contributed by atoms with Crippen LogP contribution in [0.5, 0.6) is 5.75 Å². The van der Waals surface area contributed by atoms with Gasteiger partial charge in [0.25, 0.3) is 0 Å². The number of allylic oxidation sites excluding steroid dienone is 1. The minimum absolute atomic E-state index is 0.306. The molecule has 5 nitrogen and oxygen atoms in total. The molecule has 0 unspecified atom stereocenters. The summed E-state index contributed by atoms with van der Waals surface area (Å²) in [5.41, 5.74) is 8.75. The van der Waals surface area contributed by atoms with Crippen molar-refractivity contribution in [2.24, 2.45) is 0 Å². The average Bonchev–Trinajstić information content (AvgIpc) is 2.92. The van der Waals surface area contributed by atoms with Crippen molar-refractivity contribution in [2.45, 2.75) is 32.7 Å². The lowest BCUT2D eigenvalue weighted by molar-refractivity contribution is 0.0697. The second kappa shape index (κ2) is 10.2. The standard InChI is InChI=1S/C31H34N2O3/c1-21(2)32-16-18-33(19-17-32)26-12-8-24(9-13-26)30-28(22-4-6-25(7-5-22)31(34)35)15-11-23-10-14-27(36-3)20-29(23)30/h4-10,12-14,20-21H,11,15-19H2,1-3H3,(H,34,35). The van der Waals surface area contributed by atoms with E-state index < -0.39 is 5.97 Å². The molecule has 186 valence electrons. The topological polar surface area (TPSA) is 53.0 Å². The molecule has 1 heterocycles. The number of nitrogens with zero attached hydrogens (tertiary/aromatic N) is 2. The lowest BCUT2D eigenvalue weighted by atomic mass is 9.79. The molecule has 1 aliphatic carbocycles. The van der Waals surface area contributed by atoms with Gasteiger partial charge in [0.2, 0.25) is 0 Å². The van der Waals surface area contributed by atoms with E-state index in [0.717, 1.165) is 50.3 Å². The number of anilines is 1. The Balaban J connectivity index is 1.53. The summed E-state index contributed by atoms with van der Waals surface area (Å²) in [4.78, 5) is 16.4. The summed E-state index contributed by atoms with van der Waals surface area (Å²) in [5.74, 6) is -0.0623. The van der Waals surface area contributed by atoms with E-state index in [1.165, 1.54) is 33.5 Å². The van der Waals surface area contributed by atoms with Crippen molar-refractivity contribution in [3.05, 3.63) is 94.5 Å². The largest absolute Gasteiger partial charge is 0.497 e. The van der Waals surface area contributed by atoms with Gasteiger partial charge in [-0.15, -0.1) is 0 Å². The highest BCUT2D eigenvalue weighted by molar-refractivity contribution is 6.01. The number of carboxylic acid groups (broad SMARTS) is 1. The smallest absolute Gasteiger partial charge is 0.335 e. The molecule has 0 radical (unpaired) electrons. The molecular weight excluding hydrogens is 448 g/mol. The molecule has 0 amide bonds. The summed E-state index contributed by atoms with van der Waals surface area (Å²) in [7, 11) is 1.70. The molecule has 2 aliphatic rings. The highest BCUT2D eigenvalue weighted by atomic mass is 16.5. The molecule has 3 aromatic rings. The van der Waals surface area contributed by atoms with Crippen molar-refractivity contribution in [3.63, 3.8) is 0 Å². The number of benzene rings is 3. The second-order valence-electron chi connectivity index (χ2n) is 9.92. The van der Waals surface area contributed by atoms with E-state index in [4.69, 9.17) is 4.74 Å². The molecule has 1 saturated heterocycles. The van der Waals surface area contributed by atoms with Crippen LogP contribution in [0.4, 0.5) is 5.69 Å². The molecule has 1 N–H and O–H groups in total. The monoisotopic (exact) mass is 482 g/mol. The van der Waals surface area contributed by atoms with Gasteiger partial charge in [0.15, 0.2) is 0 Å². The maximum absolute atomic E-state index is 11.4. The lowest BCUT2D eigenvalue weighted by Crippen LogP contribution is -2.48. The van der Waals surface area contributed by atoms with Gasteiger partial charge in [-0.25, -0.2) is 4.79 Å². The molecule has 36 heavy (non-hydrogen) atoms. The van der Waals surface area contributed by atoms with Gasteiger partial charge >= 0.3 is 5.97 Å². The Morgan fingerprint density at radius 2 is 1.53 bits per heavy atom. The number of carboxylic acids is 1. The lowest BCUT2D eigenvalue weighted by Gasteiger charge is -2.38. The molecule has 3 aromatic carbocycles. The molecule has 1 aliphatic heterocycles. The number of aryl methyl sites for hydroxylation is 1. The fourth-order valence-corrected chi connectivity index (χ4v) is 5.45. The third-order valence-corrected chi connectivity index (χ3v) is 7.58. The third-order valence-electron chi connectivity index (χ3n) is 7.58. The Hall–Kier alpha value is -3.57. The minimum Gasteiger partial charge on any atom is -0.497 e. The van der Waals surface area contributed by atoms with Crippen molar-refractivity contribution in [1.29, 1.82) is 0 Å². The zero-order valence-corrected chi connectivity index (χ0v) is 21.3. The zero-order chi connectivity index (χ0) is 25.2. The summed E-state index contributed by atoms with van der Waals surface area (Å²) in [6, 6.07) is 23.1. The molecule has 5 heteroatoms. The average molecular weight is 483 g/mol. The highest BCUT2D eigenvalue weighted by Gasteiger charge is 2.23. The predicted octanol–water partition coefficient (Wildman–Crippen LogP) is 5.83. The summed E-state index contributed by atoms with van der Waals surface area (Å²) in [5, 5.41) is 9.35. The first-order chi connectivity index (χ1) is 17.4. The fourth-order valence-electron chi connectivity index (χ4n) is 5.45. The van der Waals surface area contributed by atoms with E-state index >= 15 is 0 Å². The number of methoxy groups -OCH3 is 1. The van der Waals surface area contributed by atoms with Gasteiger partial charge < -0.3 is 14.7 Å². The SMILES string of the molecule is COc1ccc2c(c1)C(c1ccc(N3CCN(C(C)C)CC3)cc1)=C(c1ccc(C(=O)O)cc1)CC2. The van der Waals surface area contributed by atoms with Crippen molar-refractivity contribution in [3.8, 4) is 5.75 Å². The fraction of sp³-hybridized carbons (Fsp3) is 0.323. The number of piperazine rings is 1. The molecule has 0 spiro atoms. The van der Waals surface area contributed by atoms with Crippen molar-refractivity contribution < 1.29 is 14.6 Å². The van der Waals surface area contributed by atoms with Crippen LogP contribution in [0.25, 0.3) is 11.1 Å². The number of rotatable bonds is 6. The summed E-state index contributed by atoms with van der Waals surface area (Å²) < 4.78 is 5.57. The van der Waals surface area contributed by atoms with Crippen LogP contribution in [0.3, 0.4) is 0 Å². The van der Waals surface area contributed by atoms with Crippen LogP contribution in [0.15, 0.2) is 66.7 Å². The van der Waals surface area contributed by atoms with E-state index in [2.05, 4.69) is 60.0 Å². The van der Waals surface area contributed by atoms with Gasteiger partial charge in [-0.3, -0.25) is 4.90 Å². The Kier molecular flexibility index (Phi) is 6.84. The maximum Gasteiger partial charge on any atom is 0.335 e. The normalized spacial score (nSPS) is 16.3.